The predicted molar refractivity (Wildman–Crippen MR) is 52.8 cm³/mol. The molecule has 0 saturated carbocycles. The Morgan fingerprint density at radius 3 is 2.42 bits per heavy atom. The molecule has 1 N–H and O–H groups in total. The van der Waals surface area contributed by atoms with Gasteiger partial charge in [0.1, 0.15) is 6.10 Å². The standard InChI is InChI=1S/C11H20O/c1-5-7-9-11(3,4)10(12)8-6-2/h10,12H,5,7,9H2,1-4H3. The lowest BCUT2D eigenvalue weighted by molar-refractivity contribution is 0.0893. The molecule has 0 aromatic carbocycles. The van der Waals surface area contributed by atoms with Gasteiger partial charge < -0.3 is 5.11 Å². The minimum Gasteiger partial charge on any atom is -0.380 e. The van der Waals surface area contributed by atoms with Gasteiger partial charge in [0.25, 0.3) is 0 Å². The summed E-state index contributed by atoms with van der Waals surface area (Å²) in [5.74, 6) is 5.55. The van der Waals surface area contributed by atoms with Crippen LogP contribution in [0.1, 0.15) is 47.0 Å². The van der Waals surface area contributed by atoms with Crippen molar-refractivity contribution in [1.82, 2.24) is 0 Å². The van der Waals surface area contributed by atoms with E-state index >= 15 is 0 Å². The topological polar surface area (TPSA) is 20.2 Å². The van der Waals surface area contributed by atoms with Crippen molar-refractivity contribution in [1.29, 1.82) is 0 Å². The molecule has 0 aromatic rings. The smallest absolute Gasteiger partial charge is 0.119 e. The molecule has 0 aliphatic rings. The van der Waals surface area contributed by atoms with Crippen molar-refractivity contribution >= 4 is 0 Å². The highest BCUT2D eigenvalue weighted by Crippen LogP contribution is 2.27. The Kier molecular flexibility index (Phi) is 5.01. The minimum atomic E-state index is -0.478. The first-order chi connectivity index (χ1) is 5.54. The molecular weight excluding hydrogens is 148 g/mol. The van der Waals surface area contributed by atoms with Crippen molar-refractivity contribution < 1.29 is 5.11 Å². The first-order valence-corrected chi connectivity index (χ1v) is 4.65. The molecule has 0 amide bonds. The van der Waals surface area contributed by atoms with Crippen molar-refractivity contribution in [3.05, 3.63) is 0 Å². The summed E-state index contributed by atoms with van der Waals surface area (Å²) in [6.07, 6.45) is 2.90. The molecule has 0 spiro atoms. The summed E-state index contributed by atoms with van der Waals surface area (Å²) in [5.41, 5.74) is -0.0565. The van der Waals surface area contributed by atoms with Crippen LogP contribution in [-0.2, 0) is 0 Å². The minimum absolute atomic E-state index is 0.0565. The van der Waals surface area contributed by atoms with Crippen molar-refractivity contribution in [2.45, 2.75) is 53.1 Å². The number of aliphatic hydroxyl groups is 1. The van der Waals surface area contributed by atoms with Crippen LogP contribution in [0.4, 0.5) is 0 Å². The molecule has 1 heteroatoms. The first kappa shape index (κ1) is 11.5. The molecule has 1 atom stereocenters. The molecule has 1 nitrogen and oxygen atoms in total. The summed E-state index contributed by atoms with van der Waals surface area (Å²) < 4.78 is 0. The van der Waals surface area contributed by atoms with Crippen molar-refractivity contribution in [3.63, 3.8) is 0 Å². The Labute approximate surface area is 76.2 Å². The summed E-state index contributed by atoms with van der Waals surface area (Å²) in [6.45, 7) is 8.06. The normalized spacial score (nSPS) is 13.4. The van der Waals surface area contributed by atoms with Gasteiger partial charge in [0.2, 0.25) is 0 Å². The third-order valence-corrected chi connectivity index (χ3v) is 2.20. The maximum atomic E-state index is 9.63. The van der Waals surface area contributed by atoms with E-state index in [1.165, 1.54) is 6.42 Å². The van der Waals surface area contributed by atoms with Crippen LogP contribution < -0.4 is 0 Å². The zero-order valence-electron chi connectivity index (χ0n) is 8.65. The molecule has 0 rings (SSSR count). The average Bonchev–Trinajstić information content (AvgIpc) is 2.01. The first-order valence-electron chi connectivity index (χ1n) is 4.65. The Bertz CT molecular complexity index is 171. The summed E-state index contributed by atoms with van der Waals surface area (Å²) in [6, 6.07) is 0. The molecule has 0 bridgehead atoms. The van der Waals surface area contributed by atoms with Gasteiger partial charge in [-0.05, 0) is 13.3 Å². The van der Waals surface area contributed by atoms with Gasteiger partial charge in [-0.3, -0.25) is 0 Å². The van der Waals surface area contributed by atoms with Crippen LogP contribution >= 0.6 is 0 Å². The van der Waals surface area contributed by atoms with Crippen LogP contribution in [0.5, 0.6) is 0 Å². The molecule has 70 valence electrons. The van der Waals surface area contributed by atoms with Gasteiger partial charge in [-0.15, -0.1) is 5.92 Å². The van der Waals surface area contributed by atoms with Crippen LogP contribution in [0.3, 0.4) is 0 Å². The summed E-state index contributed by atoms with van der Waals surface area (Å²) in [4.78, 5) is 0. The van der Waals surface area contributed by atoms with E-state index in [1.54, 1.807) is 6.92 Å². The molecule has 0 saturated heterocycles. The number of unbranched alkanes of at least 4 members (excludes halogenated alkanes) is 1. The average molecular weight is 168 g/mol. The highest BCUT2D eigenvalue weighted by atomic mass is 16.3. The molecule has 0 aliphatic heterocycles. The van der Waals surface area contributed by atoms with Gasteiger partial charge in [0, 0.05) is 5.41 Å². The Morgan fingerprint density at radius 2 is 2.00 bits per heavy atom. The van der Waals surface area contributed by atoms with E-state index in [1.807, 2.05) is 0 Å². The second-order valence-electron chi connectivity index (χ2n) is 3.89. The van der Waals surface area contributed by atoms with Crippen LogP contribution in [0.15, 0.2) is 0 Å². The molecule has 0 aliphatic carbocycles. The maximum absolute atomic E-state index is 9.63. The van der Waals surface area contributed by atoms with Gasteiger partial charge >= 0.3 is 0 Å². The molecule has 0 radical (unpaired) electrons. The quantitative estimate of drug-likeness (QED) is 0.640. The lowest BCUT2D eigenvalue weighted by Gasteiger charge is -2.26. The van der Waals surface area contributed by atoms with E-state index in [-0.39, 0.29) is 5.41 Å². The van der Waals surface area contributed by atoms with E-state index in [4.69, 9.17) is 0 Å². The largest absolute Gasteiger partial charge is 0.380 e. The van der Waals surface area contributed by atoms with Crippen LogP contribution in [-0.4, -0.2) is 11.2 Å². The van der Waals surface area contributed by atoms with E-state index in [0.717, 1.165) is 12.8 Å². The van der Waals surface area contributed by atoms with Gasteiger partial charge in [-0.2, -0.15) is 0 Å². The molecule has 0 heterocycles. The molecule has 0 aromatic heterocycles. The van der Waals surface area contributed by atoms with Crippen molar-refractivity contribution in [2.24, 2.45) is 5.41 Å². The Hall–Kier alpha value is -0.480. The van der Waals surface area contributed by atoms with E-state index < -0.39 is 6.10 Å². The summed E-state index contributed by atoms with van der Waals surface area (Å²) >= 11 is 0. The number of rotatable bonds is 4. The fourth-order valence-corrected chi connectivity index (χ4v) is 1.10. The molecule has 1 unspecified atom stereocenters. The third-order valence-electron chi connectivity index (χ3n) is 2.20. The zero-order chi connectivity index (χ0) is 9.61. The Balaban J connectivity index is 4.05. The van der Waals surface area contributed by atoms with E-state index in [9.17, 15) is 5.11 Å². The number of hydrogen-bond acceptors (Lipinski definition) is 1. The second kappa shape index (κ2) is 5.22. The van der Waals surface area contributed by atoms with Crippen LogP contribution in [0.2, 0.25) is 0 Å². The van der Waals surface area contributed by atoms with Crippen LogP contribution in [0, 0.1) is 17.3 Å². The highest BCUT2D eigenvalue weighted by Gasteiger charge is 2.25. The summed E-state index contributed by atoms with van der Waals surface area (Å²) in [7, 11) is 0. The SMILES string of the molecule is CC#CC(O)C(C)(C)CCCC. The Morgan fingerprint density at radius 1 is 1.42 bits per heavy atom. The third kappa shape index (κ3) is 3.78. The fraction of sp³-hybridized carbons (Fsp3) is 0.818. The highest BCUT2D eigenvalue weighted by molar-refractivity contribution is 5.06. The monoisotopic (exact) mass is 168 g/mol. The molecule has 12 heavy (non-hydrogen) atoms. The molecular formula is C11H20O. The van der Waals surface area contributed by atoms with Crippen molar-refractivity contribution in [3.8, 4) is 11.8 Å². The van der Waals surface area contributed by atoms with Gasteiger partial charge in [0.15, 0.2) is 0 Å². The second-order valence-corrected chi connectivity index (χ2v) is 3.89. The summed E-state index contributed by atoms with van der Waals surface area (Å²) in [5, 5.41) is 9.63. The van der Waals surface area contributed by atoms with Crippen LogP contribution in [0.25, 0.3) is 0 Å². The van der Waals surface area contributed by atoms with E-state index in [2.05, 4.69) is 32.6 Å². The lowest BCUT2D eigenvalue weighted by atomic mass is 9.82. The van der Waals surface area contributed by atoms with Gasteiger partial charge in [-0.1, -0.05) is 39.5 Å². The lowest BCUT2D eigenvalue weighted by Crippen LogP contribution is -2.27. The maximum Gasteiger partial charge on any atom is 0.119 e. The predicted octanol–water partition coefficient (Wildman–Crippen LogP) is 2.59. The number of hydrogen-bond donors (Lipinski definition) is 1. The number of aliphatic hydroxyl groups excluding tert-OH is 1. The van der Waals surface area contributed by atoms with E-state index in [0.29, 0.717) is 0 Å². The van der Waals surface area contributed by atoms with Gasteiger partial charge in [0.05, 0.1) is 0 Å². The fourth-order valence-electron chi connectivity index (χ4n) is 1.10. The van der Waals surface area contributed by atoms with Gasteiger partial charge in [-0.25, -0.2) is 0 Å². The zero-order valence-corrected chi connectivity index (χ0v) is 8.65. The molecule has 0 fully saturated rings. The van der Waals surface area contributed by atoms with Crippen molar-refractivity contribution in [2.75, 3.05) is 0 Å².